The van der Waals surface area contributed by atoms with E-state index in [1.165, 1.54) is 47.2 Å². The minimum absolute atomic E-state index is 0.00339. The fraction of sp³-hybridized carbons (Fsp3) is 0.407. The SMILES string of the molecule is CC1CCCN1Cc1cccc(-c2cccc(Cc3n[nH]c(=O)c4c3CCCC4)c2)c1. The number of rotatable bonds is 5. The highest BCUT2D eigenvalue weighted by Gasteiger charge is 2.20. The molecule has 4 nitrogen and oxygen atoms in total. The summed E-state index contributed by atoms with van der Waals surface area (Å²) >= 11 is 0. The third-order valence-corrected chi connectivity index (χ3v) is 7.02. The van der Waals surface area contributed by atoms with Gasteiger partial charge >= 0.3 is 0 Å². The molecule has 160 valence electrons. The lowest BCUT2D eigenvalue weighted by Gasteiger charge is -2.21. The summed E-state index contributed by atoms with van der Waals surface area (Å²) in [6, 6.07) is 18.4. The van der Waals surface area contributed by atoms with Crippen molar-refractivity contribution in [2.75, 3.05) is 6.54 Å². The monoisotopic (exact) mass is 413 g/mol. The van der Waals surface area contributed by atoms with E-state index in [1.54, 1.807) is 0 Å². The van der Waals surface area contributed by atoms with Crippen LogP contribution < -0.4 is 5.56 Å². The molecule has 1 aliphatic heterocycles. The maximum atomic E-state index is 12.2. The first-order chi connectivity index (χ1) is 15.2. The smallest absolute Gasteiger partial charge is 0.267 e. The standard InChI is InChI=1S/C27H31N3O/c1-19-7-6-14-30(19)18-21-9-5-11-23(16-21)22-10-4-8-20(15-22)17-26-24-12-2-3-13-25(24)27(31)29-28-26/h4-5,8-11,15-16,19H,2-3,6-7,12-14,17-18H2,1H3,(H,29,31). The highest BCUT2D eigenvalue weighted by molar-refractivity contribution is 5.65. The number of hydrogen-bond donors (Lipinski definition) is 1. The second kappa shape index (κ2) is 8.80. The van der Waals surface area contributed by atoms with Crippen molar-refractivity contribution in [2.45, 2.75) is 64.5 Å². The maximum Gasteiger partial charge on any atom is 0.267 e. The Hall–Kier alpha value is -2.72. The van der Waals surface area contributed by atoms with E-state index in [9.17, 15) is 4.79 Å². The Morgan fingerprint density at radius 1 is 0.968 bits per heavy atom. The van der Waals surface area contributed by atoms with Gasteiger partial charge < -0.3 is 0 Å². The third kappa shape index (κ3) is 4.35. The zero-order valence-corrected chi connectivity index (χ0v) is 18.4. The van der Waals surface area contributed by atoms with Gasteiger partial charge in [0.05, 0.1) is 5.69 Å². The molecular weight excluding hydrogens is 382 g/mol. The van der Waals surface area contributed by atoms with Gasteiger partial charge in [0.15, 0.2) is 0 Å². The van der Waals surface area contributed by atoms with Crippen molar-refractivity contribution in [3.63, 3.8) is 0 Å². The quantitative estimate of drug-likeness (QED) is 0.648. The lowest BCUT2D eigenvalue weighted by Crippen LogP contribution is -2.26. The van der Waals surface area contributed by atoms with Gasteiger partial charge in [-0.25, -0.2) is 5.10 Å². The summed E-state index contributed by atoms with van der Waals surface area (Å²) in [4.78, 5) is 14.7. The first-order valence-electron chi connectivity index (χ1n) is 11.7. The van der Waals surface area contributed by atoms with Gasteiger partial charge in [-0.05, 0) is 85.9 Å². The van der Waals surface area contributed by atoms with Crippen LogP contribution in [-0.4, -0.2) is 27.7 Å². The van der Waals surface area contributed by atoms with E-state index in [1.807, 2.05) is 0 Å². The molecule has 0 spiro atoms. The summed E-state index contributed by atoms with van der Waals surface area (Å²) < 4.78 is 0. The van der Waals surface area contributed by atoms with Gasteiger partial charge in [0.1, 0.15) is 0 Å². The van der Waals surface area contributed by atoms with Gasteiger partial charge in [-0.2, -0.15) is 5.10 Å². The van der Waals surface area contributed by atoms with E-state index in [4.69, 9.17) is 0 Å². The van der Waals surface area contributed by atoms with Crippen LogP contribution in [0.25, 0.3) is 11.1 Å². The lowest BCUT2D eigenvalue weighted by atomic mass is 9.90. The molecule has 1 atom stereocenters. The predicted octanol–water partition coefficient (Wildman–Crippen LogP) is 4.89. The minimum Gasteiger partial charge on any atom is -0.296 e. The molecule has 1 aliphatic carbocycles. The van der Waals surface area contributed by atoms with E-state index in [0.717, 1.165) is 49.9 Å². The summed E-state index contributed by atoms with van der Waals surface area (Å²) in [7, 11) is 0. The van der Waals surface area contributed by atoms with Gasteiger partial charge in [0.25, 0.3) is 5.56 Å². The second-order valence-electron chi connectivity index (χ2n) is 9.20. The lowest BCUT2D eigenvalue weighted by molar-refractivity contribution is 0.260. The molecule has 2 aromatic carbocycles. The van der Waals surface area contributed by atoms with Crippen molar-refractivity contribution >= 4 is 0 Å². The number of likely N-dealkylation sites (tertiary alicyclic amines) is 1. The summed E-state index contributed by atoms with van der Waals surface area (Å²) in [5.41, 5.74) is 8.30. The van der Waals surface area contributed by atoms with E-state index < -0.39 is 0 Å². The average Bonchev–Trinajstić information content (AvgIpc) is 3.20. The van der Waals surface area contributed by atoms with E-state index in [-0.39, 0.29) is 5.56 Å². The fourth-order valence-corrected chi connectivity index (χ4v) is 5.24. The van der Waals surface area contributed by atoms with Crippen molar-refractivity contribution in [1.82, 2.24) is 15.1 Å². The van der Waals surface area contributed by atoms with Crippen LogP contribution >= 0.6 is 0 Å². The Balaban J connectivity index is 1.39. The zero-order valence-electron chi connectivity index (χ0n) is 18.4. The van der Waals surface area contributed by atoms with Crippen LogP contribution in [0.3, 0.4) is 0 Å². The molecule has 0 bridgehead atoms. The summed E-state index contributed by atoms with van der Waals surface area (Å²) in [5.74, 6) is 0. The molecule has 2 aliphatic rings. The highest BCUT2D eigenvalue weighted by atomic mass is 16.1. The minimum atomic E-state index is -0.00339. The Labute approximate surface area is 184 Å². The van der Waals surface area contributed by atoms with Gasteiger partial charge in [0, 0.05) is 24.6 Å². The average molecular weight is 414 g/mol. The molecule has 4 heteroatoms. The van der Waals surface area contributed by atoms with Crippen molar-refractivity contribution in [3.8, 4) is 11.1 Å². The Morgan fingerprint density at radius 3 is 2.42 bits per heavy atom. The van der Waals surface area contributed by atoms with E-state index in [0.29, 0.717) is 6.04 Å². The first-order valence-corrected chi connectivity index (χ1v) is 11.7. The molecule has 3 aromatic rings. The van der Waals surface area contributed by atoms with Gasteiger partial charge in [-0.1, -0.05) is 42.5 Å². The van der Waals surface area contributed by atoms with Gasteiger partial charge in [-0.3, -0.25) is 9.69 Å². The molecule has 5 rings (SSSR count). The molecule has 1 fully saturated rings. The molecule has 2 heterocycles. The van der Waals surface area contributed by atoms with Crippen LogP contribution in [-0.2, 0) is 25.8 Å². The molecule has 0 radical (unpaired) electrons. The number of nitrogens with one attached hydrogen (secondary N) is 1. The van der Waals surface area contributed by atoms with Crippen LogP contribution in [0.5, 0.6) is 0 Å². The maximum absolute atomic E-state index is 12.2. The van der Waals surface area contributed by atoms with Crippen molar-refractivity contribution in [3.05, 3.63) is 86.8 Å². The zero-order chi connectivity index (χ0) is 21.2. The summed E-state index contributed by atoms with van der Waals surface area (Å²) in [6.07, 6.45) is 7.48. The van der Waals surface area contributed by atoms with Crippen LogP contribution in [0, 0.1) is 0 Å². The normalized spacial score (nSPS) is 18.8. The third-order valence-electron chi connectivity index (χ3n) is 7.02. The second-order valence-corrected chi connectivity index (χ2v) is 9.20. The molecule has 1 saturated heterocycles. The number of fused-ring (bicyclic) bond motifs is 1. The molecule has 31 heavy (non-hydrogen) atoms. The van der Waals surface area contributed by atoms with Crippen molar-refractivity contribution in [2.24, 2.45) is 0 Å². The molecule has 1 N–H and O–H groups in total. The fourth-order valence-electron chi connectivity index (χ4n) is 5.24. The van der Waals surface area contributed by atoms with Crippen LogP contribution in [0.1, 0.15) is 60.6 Å². The Morgan fingerprint density at radius 2 is 1.68 bits per heavy atom. The number of nitrogens with zero attached hydrogens (tertiary/aromatic N) is 2. The number of aromatic amines is 1. The topological polar surface area (TPSA) is 49.0 Å². The van der Waals surface area contributed by atoms with Crippen molar-refractivity contribution < 1.29 is 0 Å². The van der Waals surface area contributed by atoms with Crippen molar-refractivity contribution in [1.29, 1.82) is 0 Å². The Bertz CT molecular complexity index is 1130. The number of H-pyrrole nitrogens is 1. The van der Waals surface area contributed by atoms with E-state index in [2.05, 4.69) is 70.6 Å². The Kier molecular flexibility index (Phi) is 5.73. The first kappa shape index (κ1) is 20.2. The van der Waals surface area contributed by atoms with Crippen LogP contribution in [0.2, 0.25) is 0 Å². The van der Waals surface area contributed by atoms with Crippen LogP contribution in [0.4, 0.5) is 0 Å². The molecule has 0 amide bonds. The molecule has 1 aromatic heterocycles. The number of aromatic nitrogens is 2. The largest absolute Gasteiger partial charge is 0.296 e. The number of hydrogen-bond acceptors (Lipinski definition) is 3. The molecule has 0 saturated carbocycles. The summed E-state index contributed by atoms with van der Waals surface area (Å²) in [6.45, 7) is 4.57. The predicted molar refractivity (Wildman–Crippen MR) is 125 cm³/mol. The van der Waals surface area contributed by atoms with Gasteiger partial charge in [-0.15, -0.1) is 0 Å². The summed E-state index contributed by atoms with van der Waals surface area (Å²) in [5, 5.41) is 7.15. The van der Waals surface area contributed by atoms with Gasteiger partial charge in [0.2, 0.25) is 0 Å². The molecule has 1 unspecified atom stereocenters. The highest BCUT2D eigenvalue weighted by Crippen LogP contribution is 2.26. The molecular formula is C27H31N3O. The van der Waals surface area contributed by atoms with Crippen LogP contribution in [0.15, 0.2) is 53.3 Å². The number of benzene rings is 2. The van der Waals surface area contributed by atoms with E-state index >= 15 is 0 Å².